The van der Waals surface area contributed by atoms with Crippen LogP contribution in [0, 0.1) is 11.8 Å². The lowest BCUT2D eigenvalue weighted by Gasteiger charge is -2.11. The van der Waals surface area contributed by atoms with E-state index in [2.05, 4.69) is 72.4 Å². The molecule has 1 aromatic carbocycles. The zero-order chi connectivity index (χ0) is 15.4. The zero-order valence-electron chi connectivity index (χ0n) is 14.3. The van der Waals surface area contributed by atoms with Gasteiger partial charge in [0.15, 0.2) is 0 Å². The molecule has 0 nitrogen and oxygen atoms in total. The Morgan fingerprint density at radius 2 is 1.16 bits per heavy atom. The molecule has 19 heavy (non-hydrogen) atoms. The molecule has 0 N–H and O–H groups in total. The quantitative estimate of drug-likeness (QED) is 0.532. The Bertz CT molecular complexity index is 294. The lowest BCUT2D eigenvalue weighted by atomic mass is 9.95. The summed E-state index contributed by atoms with van der Waals surface area (Å²) in [5, 5.41) is 0. The predicted molar refractivity (Wildman–Crippen MR) is 90.7 cm³/mol. The molecule has 1 rings (SSSR count). The SMILES string of the molecule is C=C(C(C)C)C(C)C.CC.CC(C)c1ccccc1. The van der Waals surface area contributed by atoms with E-state index >= 15 is 0 Å². The van der Waals surface area contributed by atoms with Crippen molar-refractivity contribution in [1.82, 2.24) is 0 Å². The van der Waals surface area contributed by atoms with E-state index in [1.165, 1.54) is 11.1 Å². The highest BCUT2D eigenvalue weighted by Crippen LogP contribution is 2.15. The molecule has 0 unspecified atom stereocenters. The third-order valence-electron chi connectivity index (χ3n) is 2.95. The lowest BCUT2D eigenvalue weighted by molar-refractivity contribution is 0.630. The molecule has 0 aliphatic heterocycles. The fourth-order valence-electron chi connectivity index (χ4n) is 1.50. The number of hydrogen-bond donors (Lipinski definition) is 0. The van der Waals surface area contributed by atoms with Gasteiger partial charge in [0.05, 0.1) is 0 Å². The normalized spacial score (nSPS) is 9.63. The van der Waals surface area contributed by atoms with Crippen LogP contribution in [0.5, 0.6) is 0 Å². The van der Waals surface area contributed by atoms with Crippen molar-refractivity contribution in [2.45, 2.75) is 61.3 Å². The van der Waals surface area contributed by atoms with Crippen LogP contribution in [0.2, 0.25) is 0 Å². The minimum Gasteiger partial charge on any atom is -0.0993 e. The van der Waals surface area contributed by atoms with Crippen molar-refractivity contribution >= 4 is 0 Å². The minimum absolute atomic E-state index is 0.648. The van der Waals surface area contributed by atoms with Crippen LogP contribution in [0.15, 0.2) is 42.5 Å². The Morgan fingerprint density at radius 1 is 0.789 bits per heavy atom. The van der Waals surface area contributed by atoms with Crippen LogP contribution in [0.25, 0.3) is 0 Å². The molecule has 0 atom stereocenters. The maximum Gasteiger partial charge on any atom is -0.0219 e. The van der Waals surface area contributed by atoms with E-state index in [9.17, 15) is 0 Å². The second-order valence-corrected chi connectivity index (χ2v) is 5.45. The second kappa shape index (κ2) is 12.0. The summed E-state index contributed by atoms with van der Waals surface area (Å²) in [6.45, 7) is 21.1. The summed E-state index contributed by atoms with van der Waals surface area (Å²) >= 11 is 0. The van der Waals surface area contributed by atoms with Gasteiger partial charge in [0.1, 0.15) is 0 Å². The summed E-state index contributed by atoms with van der Waals surface area (Å²) in [6, 6.07) is 10.5. The highest BCUT2D eigenvalue weighted by Gasteiger charge is 2.02. The molecule has 0 aromatic heterocycles. The Kier molecular flexibility index (Phi) is 12.8. The van der Waals surface area contributed by atoms with E-state index in [-0.39, 0.29) is 0 Å². The van der Waals surface area contributed by atoms with Gasteiger partial charge < -0.3 is 0 Å². The van der Waals surface area contributed by atoms with Crippen molar-refractivity contribution in [1.29, 1.82) is 0 Å². The monoisotopic (exact) mass is 262 g/mol. The van der Waals surface area contributed by atoms with Crippen molar-refractivity contribution in [3.8, 4) is 0 Å². The number of rotatable bonds is 3. The van der Waals surface area contributed by atoms with Crippen molar-refractivity contribution in [2.24, 2.45) is 11.8 Å². The standard InChI is InChI=1S/C9H12.C8H16.C2H6/c1-8(2)9-6-4-3-5-7-9;1-6(2)8(5)7(3)4;1-2/h3-8H,1-2H3;6-7H,5H2,1-4H3;1-2H3. The topological polar surface area (TPSA) is 0 Å². The molecule has 0 saturated heterocycles. The summed E-state index contributed by atoms with van der Waals surface area (Å²) in [5.41, 5.74) is 2.77. The molecular formula is C19H34. The largest absolute Gasteiger partial charge is 0.0993 e. The van der Waals surface area contributed by atoms with E-state index in [0.29, 0.717) is 17.8 Å². The van der Waals surface area contributed by atoms with E-state index in [4.69, 9.17) is 0 Å². The van der Waals surface area contributed by atoms with Crippen LogP contribution in [-0.2, 0) is 0 Å². The molecule has 0 saturated carbocycles. The van der Waals surface area contributed by atoms with Crippen LogP contribution in [-0.4, -0.2) is 0 Å². The van der Waals surface area contributed by atoms with Crippen LogP contribution < -0.4 is 0 Å². The van der Waals surface area contributed by atoms with Gasteiger partial charge in [0.2, 0.25) is 0 Å². The molecule has 0 amide bonds. The van der Waals surface area contributed by atoms with Crippen LogP contribution >= 0.6 is 0 Å². The first-order valence-electron chi connectivity index (χ1n) is 7.59. The van der Waals surface area contributed by atoms with Gasteiger partial charge in [0, 0.05) is 0 Å². The smallest absolute Gasteiger partial charge is 0.0219 e. The van der Waals surface area contributed by atoms with Gasteiger partial charge in [-0.2, -0.15) is 0 Å². The number of hydrogen-bond acceptors (Lipinski definition) is 0. The molecule has 0 aliphatic rings. The first-order valence-corrected chi connectivity index (χ1v) is 7.59. The van der Waals surface area contributed by atoms with Gasteiger partial charge in [-0.25, -0.2) is 0 Å². The van der Waals surface area contributed by atoms with Gasteiger partial charge in [-0.05, 0) is 23.3 Å². The third kappa shape index (κ3) is 10.6. The lowest BCUT2D eigenvalue weighted by Crippen LogP contribution is -1.99. The predicted octanol–water partition coefficient (Wildman–Crippen LogP) is 6.69. The molecule has 0 spiro atoms. The Hall–Kier alpha value is -1.04. The van der Waals surface area contributed by atoms with E-state index in [1.54, 1.807) is 0 Å². The summed E-state index contributed by atoms with van der Waals surface area (Å²) in [7, 11) is 0. The number of benzene rings is 1. The molecular weight excluding hydrogens is 228 g/mol. The van der Waals surface area contributed by atoms with E-state index in [1.807, 2.05) is 19.9 Å². The van der Waals surface area contributed by atoms with E-state index in [0.717, 1.165) is 0 Å². The van der Waals surface area contributed by atoms with Crippen molar-refractivity contribution in [2.75, 3.05) is 0 Å². The fourth-order valence-corrected chi connectivity index (χ4v) is 1.50. The first kappa shape index (κ1) is 20.3. The Balaban J connectivity index is 0. The third-order valence-corrected chi connectivity index (χ3v) is 2.95. The minimum atomic E-state index is 0.648. The molecule has 110 valence electrons. The van der Waals surface area contributed by atoms with Gasteiger partial charge >= 0.3 is 0 Å². The Labute approximate surface area is 121 Å². The summed E-state index contributed by atoms with van der Waals surface area (Å²) in [5.74, 6) is 1.95. The summed E-state index contributed by atoms with van der Waals surface area (Å²) in [6.07, 6.45) is 0. The van der Waals surface area contributed by atoms with Crippen LogP contribution in [0.1, 0.15) is 66.9 Å². The first-order chi connectivity index (χ1) is 8.86. The maximum absolute atomic E-state index is 3.95. The zero-order valence-corrected chi connectivity index (χ0v) is 14.3. The highest BCUT2D eigenvalue weighted by molar-refractivity contribution is 5.17. The van der Waals surface area contributed by atoms with Crippen molar-refractivity contribution < 1.29 is 0 Å². The molecule has 0 aliphatic carbocycles. The molecule has 0 heteroatoms. The van der Waals surface area contributed by atoms with Gasteiger partial charge in [-0.3, -0.25) is 0 Å². The average molecular weight is 262 g/mol. The molecule has 0 fully saturated rings. The molecule has 0 radical (unpaired) electrons. The summed E-state index contributed by atoms with van der Waals surface area (Å²) in [4.78, 5) is 0. The van der Waals surface area contributed by atoms with Crippen molar-refractivity contribution in [3.63, 3.8) is 0 Å². The second-order valence-electron chi connectivity index (χ2n) is 5.45. The van der Waals surface area contributed by atoms with E-state index < -0.39 is 0 Å². The van der Waals surface area contributed by atoms with Crippen molar-refractivity contribution in [3.05, 3.63) is 48.0 Å². The fraction of sp³-hybridized carbons (Fsp3) is 0.579. The molecule has 0 bridgehead atoms. The molecule has 1 aromatic rings. The van der Waals surface area contributed by atoms with Gasteiger partial charge in [-0.15, -0.1) is 0 Å². The van der Waals surface area contributed by atoms with Crippen LogP contribution in [0.3, 0.4) is 0 Å². The van der Waals surface area contributed by atoms with Gasteiger partial charge in [-0.1, -0.05) is 97.9 Å². The maximum atomic E-state index is 3.95. The highest BCUT2D eigenvalue weighted by atomic mass is 14.1. The Morgan fingerprint density at radius 3 is 1.32 bits per heavy atom. The summed E-state index contributed by atoms with van der Waals surface area (Å²) < 4.78 is 0. The average Bonchev–Trinajstić information content (AvgIpc) is 2.41. The number of allylic oxidation sites excluding steroid dienone is 1. The van der Waals surface area contributed by atoms with Gasteiger partial charge in [0.25, 0.3) is 0 Å². The van der Waals surface area contributed by atoms with Crippen LogP contribution in [0.4, 0.5) is 0 Å². The molecule has 0 heterocycles.